The normalized spacial score (nSPS) is 14.0. The van der Waals surface area contributed by atoms with Crippen LogP contribution < -0.4 is 5.32 Å². The quantitative estimate of drug-likeness (QED) is 0.229. The van der Waals surface area contributed by atoms with Crippen molar-refractivity contribution in [1.29, 1.82) is 0 Å². The van der Waals surface area contributed by atoms with Crippen LogP contribution in [-0.4, -0.2) is 65.7 Å². The van der Waals surface area contributed by atoms with Crippen molar-refractivity contribution in [3.05, 3.63) is 65.7 Å². The lowest BCUT2D eigenvalue weighted by Crippen LogP contribution is -2.50. The van der Waals surface area contributed by atoms with Gasteiger partial charge in [0, 0.05) is 13.1 Å². The zero-order chi connectivity index (χ0) is 23.7. The van der Waals surface area contributed by atoms with E-state index in [0.29, 0.717) is 5.56 Å². The van der Waals surface area contributed by atoms with E-state index in [1.54, 1.807) is 12.1 Å². The maximum Gasteiger partial charge on any atom is 0.404 e. The van der Waals surface area contributed by atoms with Gasteiger partial charge in [0.15, 0.2) is 0 Å². The van der Waals surface area contributed by atoms with Crippen molar-refractivity contribution < 1.29 is 28.6 Å². The minimum Gasteiger partial charge on any atom is -0.465 e. The van der Waals surface area contributed by atoms with Gasteiger partial charge in [0.1, 0.15) is 0 Å². The summed E-state index contributed by atoms with van der Waals surface area (Å²) in [6.45, 7) is 3.57. The number of nitrogens with one attached hydrogen (secondary N) is 1. The highest BCUT2D eigenvalue weighted by Crippen LogP contribution is 2.19. The number of carbonyl (C=O) groups is 1. The first-order valence-corrected chi connectivity index (χ1v) is 11.6. The molecule has 0 aliphatic carbocycles. The molecule has 1 amide bonds. The average Bonchev–Trinajstić information content (AvgIpc) is 2.73. The number of aliphatic hydroxyl groups is 1. The number of amides is 1. The summed E-state index contributed by atoms with van der Waals surface area (Å²) < 4.78 is 27.7. The standard InChI is InChI=1S/C22H29N3O6S/c1-16(2)14-25(32(30,31)19-10-8-18(9-11-19)13-23-29)15-21(26)20(24-22(27)28)12-17-6-4-3-5-7-17/h3-11,13,16,20-21,24,26,29H,12,14-15H2,1-2H3,(H,27,28)/b23-13-/t20-,21+/m0/s1. The van der Waals surface area contributed by atoms with Gasteiger partial charge in [-0.2, -0.15) is 4.31 Å². The third kappa shape index (κ3) is 7.33. The molecule has 0 saturated heterocycles. The molecule has 174 valence electrons. The van der Waals surface area contributed by atoms with E-state index in [9.17, 15) is 23.4 Å². The van der Waals surface area contributed by atoms with E-state index in [4.69, 9.17) is 5.21 Å². The van der Waals surface area contributed by atoms with E-state index in [-0.39, 0.29) is 30.3 Å². The highest BCUT2D eigenvalue weighted by Gasteiger charge is 2.31. The highest BCUT2D eigenvalue weighted by molar-refractivity contribution is 7.89. The SMILES string of the molecule is CC(C)CN(C[C@@H](O)[C@H](Cc1ccccc1)NC(=O)O)S(=O)(=O)c1ccc(/C=N\O)cc1. The Kier molecular flexibility index (Phi) is 9.18. The van der Waals surface area contributed by atoms with E-state index in [0.717, 1.165) is 5.56 Å². The van der Waals surface area contributed by atoms with Gasteiger partial charge in [-0.15, -0.1) is 0 Å². The topological polar surface area (TPSA) is 140 Å². The number of sulfonamides is 1. The maximum absolute atomic E-state index is 13.3. The Bertz CT molecular complexity index is 994. The van der Waals surface area contributed by atoms with Crippen LogP contribution in [0.25, 0.3) is 0 Å². The summed E-state index contributed by atoms with van der Waals surface area (Å²) in [7, 11) is -3.97. The molecule has 0 aromatic heterocycles. The molecule has 32 heavy (non-hydrogen) atoms. The first kappa shape index (κ1) is 25.3. The Balaban J connectivity index is 2.28. The molecule has 0 spiro atoms. The summed E-state index contributed by atoms with van der Waals surface area (Å²) in [5.41, 5.74) is 1.33. The van der Waals surface area contributed by atoms with Crippen molar-refractivity contribution in [2.75, 3.05) is 13.1 Å². The molecule has 0 saturated carbocycles. The second-order valence-corrected chi connectivity index (χ2v) is 9.78. The van der Waals surface area contributed by atoms with E-state index in [1.165, 1.54) is 34.8 Å². The lowest BCUT2D eigenvalue weighted by molar-refractivity contribution is 0.0980. The second-order valence-electron chi connectivity index (χ2n) is 7.84. The molecule has 0 aliphatic rings. The average molecular weight is 464 g/mol. The smallest absolute Gasteiger partial charge is 0.404 e. The van der Waals surface area contributed by atoms with Gasteiger partial charge in [0.2, 0.25) is 10.0 Å². The predicted octanol–water partition coefficient (Wildman–Crippen LogP) is 2.38. The second kappa shape index (κ2) is 11.6. The predicted molar refractivity (Wildman–Crippen MR) is 121 cm³/mol. The Morgan fingerprint density at radius 3 is 2.25 bits per heavy atom. The molecular weight excluding hydrogens is 434 g/mol. The zero-order valence-electron chi connectivity index (χ0n) is 18.0. The summed E-state index contributed by atoms with van der Waals surface area (Å²) in [4.78, 5) is 11.3. The number of benzene rings is 2. The minimum absolute atomic E-state index is 0.0197. The van der Waals surface area contributed by atoms with Gasteiger partial charge in [0.05, 0.1) is 23.3 Å². The molecule has 0 unspecified atom stereocenters. The van der Waals surface area contributed by atoms with Gasteiger partial charge in [0.25, 0.3) is 0 Å². The molecule has 0 aliphatic heterocycles. The molecule has 2 atom stereocenters. The van der Waals surface area contributed by atoms with E-state index in [1.807, 2.05) is 32.0 Å². The molecule has 2 aromatic rings. The number of rotatable bonds is 11. The summed E-state index contributed by atoms with van der Waals surface area (Å²) in [6.07, 6.45) is -1.19. The lowest BCUT2D eigenvalue weighted by Gasteiger charge is -2.30. The molecule has 9 nitrogen and oxygen atoms in total. The third-order valence-corrected chi connectivity index (χ3v) is 6.60. The number of aliphatic hydroxyl groups excluding tert-OH is 1. The molecule has 0 bridgehead atoms. The van der Waals surface area contributed by atoms with Crippen molar-refractivity contribution in [3.63, 3.8) is 0 Å². The fourth-order valence-electron chi connectivity index (χ4n) is 3.27. The number of oxime groups is 1. The van der Waals surface area contributed by atoms with Crippen molar-refractivity contribution in [2.24, 2.45) is 11.1 Å². The van der Waals surface area contributed by atoms with Crippen molar-refractivity contribution in [3.8, 4) is 0 Å². The summed E-state index contributed by atoms with van der Waals surface area (Å²) in [5.74, 6) is -0.0298. The molecule has 4 N–H and O–H groups in total. The Labute approximate surface area is 188 Å². The van der Waals surface area contributed by atoms with E-state index < -0.39 is 28.3 Å². The Morgan fingerprint density at radius 1 is 1.09 bits per heavy atom. The molecular formula is C22H29N3O6S. The van der Waals surface area contributed by atoms with Crippen LogP contribution >= 0.6 is 0 Å². The summed E-state index contributed by atoms with van der Waals surface area (Å²) in [6, 6.07) is 13.9. The number of carboxylic acid groups (broad SMARTS) is 1. The van der Waals surface area contributed by atoms with Crippen LogP contribution in [0.1, 0.15) is 25.0 Å². The number of hydrogen-bond donors (Lipinski definition) is 4. The number of hydrogen-bond acceptors (Lipinski definition) is 6. The molecule has 0 radical (unpaired) electrons. The molecule has 2 aromatic carbocycles. The zero-order valence-corrected chi connectivity index (χ0v) is 18.8. The molecule has 0 heterocycles. The van der Waals surface area contributed by atoms with Crippen LogP contribution in [0, 0.1) is 5.92 Å². The molecule has 2 rings (SSSR count). The molecule has 10 heteroatoms. The van der Waals surface area contributed by atoms with E-state index in [2.05, 4.69) is 10.5 Å². The van der Waals surface area contributed by atoms with Gasteiger partial charge in [-0.25, -0.2) is 13.2 Å². The largest absolute Gasteiger partial charge is 0.465 e. The van der Waals surface area contributed by atoms with Crippen LogP contribution in [0.5, 0.6) is 0 Å². The monoisotopic (exact) mass is 463 g/mol. The first-order valence-electron chi connectivity index (χ1n) is 10.1. The maximum atomic E-state index is 13.3. The van der Waals surface area contributed by atoms with Gasteiger partial charge in [-0.05, 0) is 35.6 Å². The van der Waals surface area contributed by atoms with Gasteiger partial charge < -0.3 is 20.7 Å². The minimum atomic E-state index is -3.97. The number of nitrogens with zero attached hydrogens (tertiary/aromatic N) is 2. The van der Waals surface area contributed by atoms with Crippen LogP contribution in [-0.2, 0) is 16.4 Å². The Hall–Kier alpha value is -2.95. The first-order chi connectivity index (χ1) is 15.1. The highest BCUT2D eigenvalue weighted by atomic mass is 32.2. The fraction of sp³-hybridized carbons (Fsp3) is 0.364. The third-order valence-electron chi connectivity index (χ3n) is 4.76. The van der Waals surface area contributed by atoms with Crippen molar-refractivity contribution in [2.45, 2.75) is 37.3 Å². The van der Waals surface area contributed by atoms with Crippen LogP contribution in [0.4, 0.5) is 4.79 Å². The van der Waals surface area contributed by atoms with Crippen molar-refractivity contribution in [1.82, 2.24) is 9.62 Å². The van der Waals surface area contributed by atoms with E-state index >= 15 is 0 Å². The van der Waals surface area contributed by atoms with Gasteiger partial charge >= 0.3 is 6.09 Å². The fourth-order valence-corrected chi connectivity index (χ4v) is 4.89. The van der Waals surface area contributed by atoms with Crippen molar-refractivity contribution >= 4 is 22.3 Å². The van der Waals surface area contributed by atoms with Crippen LogP contribution in [0.15, 0.2) is 64.6 Å². The summed E-state index contributed by atoms with van der Waals surface area (Å²) >= 11 is 0. The molecule has 0 fully saturated rings. The van der Waals surface area contributed by atoms with Gasteiger partial charge in [-0.3, -0.25) is 0 Å². The van der Waals surface area contributed by atoms with Crippen LogP contribution in [0.2, 0.25) is 0 Å². The van der Waals surface area contributed by atoms with Gasteiger partial charge in [-0.1, -0.05) is 61.5 Å². The summed E-state index contributed by atoms with van der Waals surface area (Å²) in [5, 5.41) is 33.9. The lowest BCUT2D eigenvalue weighted by atomic mass is 10.0. The Morgan fingerprint density at radius 2 is 1.72 bits per heavy atom. The van der Waals surface area contributed by atoms with Crippen LogP contribution in [0.3, 0.4) is 0 Å².